The maximum Gasteiger partial charge on any atom is 0.330 e. The van der Waals surface area contributed by atoms with Gasteiger partial charge in [0.1, 0.15) is 11.2 Å². The number of imide groups is 1. The van der Waals surface area contributed by atoms with E-state index in [4.69, 9.17) is 4.74 Å². The molecule has 0 aromatic heterocycles. The van der Waals surface area contributed by atoms with Crippen LogP contribution in [-0.4, -0.2) is 45.6 Å². The molecule has 2 aromatic rings. The number of likely N-dealkylation sites (tertiary alicyclic amines) is 1. The Morgan fingerprint density at radius 3 is 2.24 bits per heavy atom. The standard InChI is InChI=1S/C29H39N2O5P/c1-6-18-30(20-23-12-10-22(5)11-13-23)28(33)31-26(32)29(8-3,9-4)27(31)36-25-16-14-24(15-17-25)21-37(34,35)19-7-2/h7,10-17,27H,2,6,8-9,18-21H2,1,3-5H3,(H,34,35). The van der Waals surface area contributed by atoms with Crippen molar-refractivity contribution < 1.29 is 23.8 Å². The topological polar surface area (TPSA) is 87.2 Å². The first-order chi connectivity index (χ1) is 17.6. The fourth-order valence-corrected chi connectivity index (χ4v) is 6.13. The summed E-state index contributed by atoms with van der Waals surface area (Å²) in [7, 11) is -3.33. The zero-order valence-corrected chi connectivity index (χ0v) is 23.2. The molecule has 1 fully saturated rings. The van der Waals surface area contributed by atoms with E-state index in [2.05, 4.69) is 6.58 Å². The maximum atomic E-state index is 13.7. The van der Waals surface area contributed by atoms with Crippen LogP contribution in [0.5, 0.6) is 5.75 Å². The molecule has 0 spiro atoms. The smallest absolute Gasteiger partial charge is 0.330 e. The molecule has 0 saturated carbocycles. The molecule has 2 aromatic carbocycles. The molecule has 3 amide bonds. The van der Waals surface area contributed by atoms with Gasteiger partial charge in [0.05, 0.1) is 0 Å². The highest BCUT2D eigenvalue weighted by molar-refractivity contribution is 7.57. The second kappa shape index (κ2) is 12.1. The first-order valence-electron chi connectivity index (χ1n) is 13.0. The Labute approximate surface area is 220 Å². The third-order valence-electron chi connectivity index (χ3n) is 7.09. The molecule has 1 N–H and O–H groups in total. The summed E-state index contributed by atoms with van der Waals surface area (Å²) in [5.74, 6) is 0.294. The van der Waals surface area contributed by atoms with E-state index in [9.17, 15) is 19.0 Å². The highest BCUT2D eigenvalue weighted by atomic mass is 31.2. The molecule has 2 unspecified atom stereocenters. The fourth-order valence-electron chi connectivity index (χ4n) is 4.82. The molecular weight excluding hydrogens is 487 g/mol. The van der Waals surface area contributed by atoms with E-state index in [1.807, 2.05) is 52.0 Å². The molecular formula is C29H39N2O5P. The van der Waals surface area contributed by atoms with Crippen LogP contribution in [0.3, 0.4) is 0 Å². The monoisotopic (exact) mass is 526 g/mol. The van der Waals surface area contributed by atoms with Gasteiger partial charge in [-0.3, -0.25) is 9.36 Å². The minimum atomic E-state index is -3.33. The van der Waals surface area contributed by atoms with Gasteiger partial charge in [-0.1, -0.05) is 68.8 Å². The zero-order valence-electron chi connectivity index (χ0n) is 22.4. The molecule has 2 atom stereocenters. The Balaban J connectivity index is 1.82. The molecule has 0 bridgehead atoms. The van der Waals surface area contributed by atoms with Crippen molar-refractivity contribution in [1.29, 1.82) is 0 Å². The van der Waals surface area contributed by atoms with E-state index in [0.29, 0.717) is 37.2 Å². The summed E-state index contributed by atoms with van der Waals surface area (Å²) >= 11 is 0. The number of aryl methyl sites for hydroxylation is 1. The molecule has 1 heterocycles. The number of hydrogen-bond acceptors (Lipinski definition) is 4. The predicted molar refractivity (Wildman–Crippen MR) is 147 cm³/mol. The second-order valence-electron chi connectivity index (χ2n) is 9.82. The Kier molecular flexibility index (Phi) is 9.38. The van der Waals surface area contributed by atoms with Crippen LogP contribution in [0.2, 0.25) is 0 Å². The normalized spacial score (nSPS) is 18.0. The van der Waals surface area contributed by atoms with Crippen LogP contribution in [0.1, 0.15) is 56.7 Å². The molecule has 0 aliphatic carbocycles. The molecule has 7 nitrogen and oxygen atoms in total. The van der Waals surface area contributed by atoms with Crippen LogP contribution < -0.4 is 4.74 Å². The third kappa shape index (κ3) is 6.34. The molecule has 37 heavy (non-hydrogen) atoms. The zero-order chi connectivity index (χ0) is 27.2. The molecule has 1 aliphatic heterocycles. The molecule has 1 aliphatic rings. The number of carbonyl (C=O) groups excluding carboxylic acids is 2. The Hall–Kier alpha value is -2.89. The van der Waals surface area contributed by atoms with Gasteiger partial charge in [0, 0.05) is 25.4 Å². The lowest BCUT2D eigenvalue weighted by molar-refractivity contribution is -0.192. The lowest BCUT2D eigenvalue weighted by Gasteiger charge is -2.54. The Morgan fingerprint density at radius 1 is 1.11 bits per heavy atom. The van der Waals surface area contributed by atoms with Gasteiger partial charge in [-0.25, -0.2) is 9.69 Å². The van der Waals surface area contributed by atoms with Crippen LogP contribution in [0.25, 0.3) is 0 Å². The number of benzene rings is 2. The number of ether oxygens (including phenoxy) is 1. The number of hydrogen-bond donors (Lipinski definition) is 1. The van der Waals surface area contributed by atoms with Crippen LogP contribution in [0.15, 0.2) is 61.2 Å². The largest absolute Gasteiger partial charge is 0.469 e. The van der Waals surface area contributed by atoms with E-state index in [-0.39, 0.29) is 24.3 Å². The maximum absolute atomic E-state index is 13.7. The molecule has 1 saturated heterocycles. The van der Waals surface area contributed by atoms with Crippen molar-refractivity contribution in [3.05, 3.63) is 77.9 Å². The minimum Gasteiger partial charge on any atom is -0.469 e. The molecule has 0 radical (unpaired) electrons. The molecule has 3 rings (SSSR count). The summed E-state index contributed by atoms with van der Waals surface area (Å²) in [6, 6.07) is 14.6. The number of nitrogens with zero attached hydrogens (tertiary/aromatic N) is 2. The summed E-state index contributed by atoms with van der Waals surface area (Å²) in [6.45, 7) is 12.4. The van der Waals surface area contributed by atoms with Gasteiger partial charge in [0.2, 0.25) is 13.3 Å². The van der Waals surface area contributed by atoms with Gasteiger partial charge in [-0.2, -0.15) is 0 Å². The SMILES string of the molecule is C=CCP(=O)(O)Cc1ccc(OC2N(C(=O)N(CCC)Cc3ccc(C)cc3)C(=O)C2(CC)CC)cc1. The van der Waals surface area contributed by atoms with Crippen LogP contribution in [0.4, 0.5) is 4.79 Å². The Morgan fingerprint density at radius 2 is 1.70 bits per heavy atom. The van der Waals surface area contributed by atoms with Crippen LogP contribution in [-0.2, 0) is 22.1 Å². The van der Waals surface area contributed by atoms with Gasteiger partial charge < -0.3 is 14.5 Å². The summed E-state index contributed by atoms with van der Waals surface area (Å²) in [4.78, 5) is 40.1. The highest BCUT2D eigenvalue weighted by Crippen LogP contribution is 2.47. The quantitative estimate of drug-likeness (QED) is 0.198. The van der Waals surface area contributed by atoms with Gasteiger partial charge in [0.15, 0.2) is 6.23 Å². The lowest BCUT2D eigenvalue weighted by Crippen LogP contribution is -2.73. The van der Waals surface area contributed by atoms with E-state index in [1.165, 1.54) is 11.0 Å². The molecule has 200 valence electrons. The first-order valence-corrected chi connectivity index (χ1v) is 15.0. The van der Waals surface area contributed by atoms with Crippen LogP contribution in [0, 0.1) is 12.3 Å². The van der Waals surface area contributed by atoms with Crippen molar-refractivity contribution in [3.8, 4) is 5.75 Å². The summed E-state index contributed by atoms with van der Waals surface area (Å²) < 4.78 is 18.5. The van der Waals surface area contributed by atoms with Crippen molar-refractivity contribution in [3.63, 3.8) is 0 Å². The van der Waals surface area contributed by atoms with Crippen molar-refractivity contribution in [2.75, 3.05) is 12.7 Å². The second-order valence-corrected chi connectivity index (χ2v) is 12.2. The fraction of sp³-hybridized carbons (Fsp3) is 0.448. The Bertz CT molecular complexity index is 1140. The first kappa shape index (κ1) is 28.7. The van der Waals surface area contributed by atoms with Gasteiger partial charge >= 0.3 is 6.03 Å². The lowest BCUT2D eigenvalue weighted by atomic mass is 9.72. The number of carbonyl (C=O) groups is 2. The minimum absolute atomic E-state index is 0.0463. The van der Waals surface area contributed by atoms with Gasteiger partial charge in [-0.15, -0.1) is 6.58 Å². The van der Waals surface area contributed by atoms with Crippen molar-refractivity contribution >= 4 is 19.3 Å². The third-order valence-corrected chi connectivity index (χ3v) is 8.78. The van der Waals surface area contributed by atoms with E-state index in [1.54, 1.807) is 29.2 Å². The van der Waals surface area contributed by atoms with E-state index in [0.717, 1.165) is 17.5 Å². The average molecular weight is 527 g/mol. The van der Waals surface area contributed by atoms with Gasteiger partial charge in [0.25, 0.3) is 0 Å². The van der Waals surface area contributed by atoms with Gasteiger partial charge in [-0.05, 0) is 49.4 Å². The number of rotatable bonds is 12. The summed E-state index contributed by atoms with van der Waals surface area (Å²) in [6.07, 6.45) is 2.69. The van der Waals surface area contributed by atoms with E-state index < -0.39 is 19.0 Å². The van der Waals surface area contributed by atoms with E-state index >= 15 is 0 Å². The summed E-state index contributed by atoms with van der Waals surface area (Å²) in [5.41, 5.74) is 2.08. The predicted octanol–water partition coefficient (Wildman–Crippen LogP) is 6.34. The number of β-lactam (4-membered cyclic amide) rings is 1. The number of amides is 3. The van der Waals surface area contributed by atoms with Crippen LogP contribution >= 0.6 is 7.37 Å². The summed E-state index contributed by atoms with van der Waals surface area (Å²) in [5, 5.41) is 0. The number of allylic oxidation sites excluding steroid dienone is 1. The number of urea groups is 1. The molecule has 8 heteroatoms. The van der Waals surface area contributed by atoms with Crippen molar-refractivity contribution in [2.24, 2.45) is 5.41 Å². The van der Waals surface area contributed by atoms with Crippen molar-refractivity contribution in [1.82, 2.24) is 9.80 Å². The highest BCUT2D eigenvalue weighted by Gasteiger charge is 2.63. The van der Waals surface area contributed by atoms with Crippen molar-refractivity contribution in [2.45, 2.75) is 65.9 Å². The average Bonchev–Trinajstić information content (AvgIpc) is 2.86.